The maximum absolute atomic E-state index is 5.49. The number of rotatable bonds is 1. The van der Waals surface area contributed by atoms with Crippen molar-refractivity contribution in [3.05, 3.63) is 10.1 Å². The van der Waals surface area contributed by atoms with Gasteiger partial charge in [-0.05, 0) is 27.2 Å². The fourth-order valence-corrected chi connectivity index (χ4v) is 1.89. The van der Waals surface area contributed by atoms with E-state index in [-0.39, 0.29) is 5.54 Å². The standard InChI is InChI=1S/C11H16BrN/c1-5-11(3,4)13-7-6-9(2)10(12)8-13/h1H,6-8H2,2-4H3. The lowest BCUT2D eigenvalue weighted by Crippen LogP contribution is -2.45. The van der Waals surface area contributed by atoms with Gasteiger partial charge in [-0.25, -0.2) is 0 Å². The summed E-state index contributed by atoms with van der Waals surface area (Å²) >= 11 is 3.59. The normalized spacial score (nSPS) is 20.2. The molecule has 0 fully saturated rings. The van der Waals surface area contributed by atoms with Crippen molar-refractivity contribution < 1.29 is 0 Å². The van der Waals surface area contributed by atoms with E-state index in [0.29, 0.717) is 0 Å². The predicted octanol–water partition coefficient (Wildman–Crippen LogP) is 2.77. The highest BCUT2D eigenvalue weighted by molar-refractivity contribution is 9.11. The Bertz CT molecular complexity index is 270. The van der Waals surface area contributed by atoms with Gasteiger partial charge in [0.25, 0.3) is 0 Å². The van der Waals surface area contributed by atoms with Crippen molar-refractivity contribution in [2.24, 2.45) is 0 Å². The molecule has 2 heteroatoms. The zero-order valence-electron chi connectivity index (χ0n) is 8.52. The zero-order valence-corrected chi connectivity index (χ0v) is 10.1. The lowest BCUT2D eigenvalue weighted by atomic mass is 10.00. The smallest absolute Gasteiger partial charge is 0.0769 e. The first-order valence-electron chi connectivity index (χ1n) is 4.54. The summed E-state index contributed by atoms with van der Waals surface area (Å²) in [4.78, 5) is 2.32. The number of nitrogens with zero attached hydrogens (tertiary/aromatic N) is 1. The molecule has 1 rings (SSSR count). The van der Waals surface area contributed by atoms with Crippen molar-refractivity contribution in [3.63, 3.8) is 0 Å². The molecule has 13 heavy (non-hydrogen) atoms. The van der Waals surface area contributed by atoms with Gasteiger partial charge in [-0.2, -0.15) is 0 Å². The van der Waals surface area contributed by atoms with Crippen molar-refractivity contribution >= 4 is 15.9 Å². The third kappa shape index (κ3) is 2.36. The molecular formula is C11H16BrN. The van der Waals surface area contributed by atoms with Crippen LogP contribution in [0.1, 0.15) is 27.2 Å². The lowest BCUT2D eigenvalue weighted by Gasteiger charge is -2.37. The maximum atomic E-state index is 5.49. The highest BCUT2D eigenvalue weighted by atomic mass is 79.9. The van der Waals surface area contributed by atoms with Gasteiger partial charge in [-0.15, -0.1) is 6.42 Å². The molecule has 72 valence electrons. The van der Waals surface area contributed by atoms with Gasteiger partial charge < -0.3 is 0 Å². The van der Waals surface area contributed by atoms with Gasteiger partial charge in [0, 0.05) is 17.6 Å². The topological polar surface area (TPSA) is 3.24 Å². The van der Waals surface area contributed by atoms with E-state index in [9.17, 15) is 0 Å². The second-order valence-electron chi connectivity index (χ2n) is 4.06. The van der Waals surface area contributed by atoms with E-state index in [1.54, 1.807) is 0 Å². The molecule has 0 radical (unpaired) electrons. The number of hydrogen-bond acceptors (Lipinski definition) is 1. The van der Waals surface area contributed by atoms with Gasteiger partial charge in [-0.1, -0.05) is 27.4 Å². The van der Waals surface area contributed by atoms with Crippen LogP contribution in [0.4, 0.5) is 0 Å². The SMILES string of the molecule is C#CC(C)(C)N1CCC(C)=C(Br)C1. The molecule has 1 aliphatic rings. The number of halogens is 1. The second-order valence-corrected chi connectivity index (χ2v) is 5.02. The maximum Gasteiger partial charge on any atom is 0.0769 e. The molecule has 0 aliphatic carbocycles. The molecule has 0 saturated carbocycles. The van der Waals surface area contributed by atoms with Crippen LogP contribution in [0, 0.1) is 12.3 Å². The van der Waals surface area contributed by atoms with Gasteiger partial charge in [0.2, 0.25) is 0 Å². The molecule has 0 amide bonds. The van der Waals surface area contributed by atoms with Crippen LogP contribution in [0.3, 0.4) is 0 Å². The fraction of sp³-hybridized carbons (Fsp3) is 0.636. The summed E-state index contributed by atoms with van der Waals surface area (Å²) in [5.41, 5.74) is 1.32. The molecule has 1 nitrogen and oxygen atoms in total. The van der Waals surface area contributed by atoms with Crippen molar-refractivity contribution in [2.75, 3.05) is 13.1 Å². The van der Waals surface area contributed by atoms with E-state index in [2.05, 4.69) is 47.5 Å². The summed E-state index contributed by atoms with van der Waals surface area (Å²) in [5.74, 6) is 2.83. The van der Waals surface area contributed by atoms with Crippen LogP contribution in [0.25, 0.3) is 0 Å². The molecule has 0 aromatic carbocycles. The van der Waals surface area contributed by atoms with E-state index in [4.69, 9.17) is 6.42 Å². The third-order valence-corrected chi connectivity index (χ3v) is 3.62. The molecule has 1 heterocycles. The largest absolute Gasteiger partial charge is 0.283 e. The summed E-state index contributed by atoms with van der Waals surface area (Å²) in [6.07, 6.45) is 6.61. The van der Waals surface area contributed by atoms with Crippen LogP contribution >= 0.6 is 15.9 Å². The van der Waals surface area contributed by atoms with Crippen LogP contribution in [0.15, 0.2) is 10.1 Å². The van der Waals surface area contributed by atoms with Gasteiger partial charge >= 0.3 is 0 Å². The van der Waals surface area contributed by atoms with Crippen molar-refractivity contribution in [2.45, 2.75) is 32.7 Å². The third-order valence-electron chi connectivity index (χ3n) is 2.69. The van der Waals surface area contributed by atoms with Gasteiger partial charge in [-0.3, -0.25) is 4.90 Å². The first-order chi connectivity index (χ1) is 5.97. The van der Waals surface area contributed by atoms with E-state index in [1.165, 1.54) is 10.1 Å². The summed E-state index contributed by atoms with van der Waals surface area (Å²) < 4.78 is 1.29. The summed E-state index contributed by atoms with van der Waals surface area (Å²) in [7, 11) is 0. The van der Waals surface area contributed by atoms with E-state index < -0.39 is 0 Å². The Kier molecular flexibility index (Phi) is 3.21. The lowest BCUT2D eigenvalue weighted by molar-refractivity contribution is 0.182. The molecule has 0 N–H and O–H groups in total. The van der Waals surface area contributed by atoms with Crippen molar-refractivity contribution in [1.82, 2.24) is 4.90 Å². The Labute approximate surface area is 89.3 Å². The van der Waals surface area contributed by atoms with Gasteiger partial charge in [0.05, 0.1) is 5.54 Å². The minimum absolute atomic E-state index is 0.125. The molecule has 0 aromatic heterocycles. The fourth-order valence-electron chi connectivity index (χ4n) is 1.39. The van der Waals surface area contributed by atoms with Crippen LogP contribution in [-0.4, -0.2) is 23.5 Å². The van der Waals surface area contributed by atoms with Crippen LogP contribution in [0.2, 0.25) is 0 Å². The minimum atomic E-state index is -0.125. The van der Waals surface area contributed by atoms with E-state index in [0.717, 1.165) is 19.5 Å². The first kappa shape index (κ1) is 10.8. The second kappa shape index (κ2) is 3.86. The average Bonchev–Trinajstić information content (AvgIpc) is 2.09. The monoisotopic (exact) mass is 241 g/mol. The van der Waals surface area contributed by atoms with E-state index >= 15 is 0 Å². The Balaban J connectivity index is 2.75. The quantitative estimate of drug-likeness (QED) is 0.639. The highest BCUT2D eigenvalue weighted by Gasteiger charge is 2.27. The molecule has 0 spiro atoms. The Hall–Kier alpha value is -0.260. The molecule has 0 atom stereocenters. The van der Waals surface area contributed by atoms with Crippen molar-refractivity contribution in [3.8, 4) is 12.3 Å². The van der Waals surface area contributed by atoms with Gasteiger partial charge in [0.15, 0.2) is 0 Å². The molecule has 0 unspecified atom stereocenters. The van der Waals surface area contributed by atoms with Crippen LogP contribution < -0.4 is 0 Å². The summed E-state index contributed by atoms with van der Waals surface area (Å²) in [6, 6.07) is 0. The molecular weight excluding hydrogens is 226 g/mol. The molecule has 0 saturated heterocycles. The molecule has 1 aliphatic heterocycles. The highest BCUT2D eigenvalue weighted by Crippen LogP contribution is 2.26. The van der Waals surface area contributed by atoms with Crippen molar-refractivity contribution in [1.29, 1.82) is 0 Å². The summed E-state index contributed by atoms with van der Waals surface area (Å²) in [5, 5.41) is 0. The Morgan fingerprint density at radius 3 is 2.62 bits per heavy atom. The molecule has 0 aromatic rings. The Morgan fingerprint density at radius 1 is 1.54 bits per heavy atom. The van der Waals surface area contributed by atoms with E-state index in [1.807, 2.05) is 0 Å². The minimum Gasteiger partial charge on any atom is -0.283 e. The average molecular weight is 242 g/mol. The van der Waals surface area contributed by atoms with Crippen LogP contribution in [-0.2, 0) is 0 Å². The Morgan fingerprint density at radius 2 is 2.15 bits per heavy atom. The number of terminal acetylenes is 1. The predicted molar refractivity (Wildman–Crippen MR) is 60.7 cm³/mol. The van der Waals surface area contributed by atoms with Crippen LogP contribution in [0.5, 0.6) is 0 Å². The zero-order chi connectivity index (χ0) is 10.1. The van der Waals surface area contributed by atoms with Gasteiger partial charge in [0.1, 0.15) is 0 Å². The summed E-state index contributed by atoms with van der Waals surface area (Å²) in [6.45, 7) is 8.37. The molecule has 0 bridgehead atoms. The number of hydrogen-bond donors (Lipinski definition) is 0. The first-order valence-corrected chi connectivity index (χ1v) is 5.33.